The maximum atomic E-state index is 12.3. The average Bonchev–Trinajstić information content (AvgIpc) is 3.77. The number of amides is 1. The van der Waals surface area contributed by atoms with Crippen LogP contribution in [-0.4, -0.2) is 39.9 Å². The molecule has 0 radical (unpaired) electrons. The topological polar surface area (TPSA) is 96.6 Å². The lowest BCUT2D eigenvalue weighted by Crippen LogP contribution is -2.27. The first-order chi connectivity index (χ1) is 22.9. The van der Waals surface area contributed by atoms with Crippen LogP contribution in [-0.2, 0) is 5.54 Å². The number of carbonyl (C=O) groups excluding carboxylic acids is 1. The van der Waals surface area contributed by atoms with E-state index in [2.05, 4.69) is 106 Å². The first kappa shape index (κ1) is 46.5. The molecule has 3 heterocycles. The Hall–Kier alpha value is -3.59. The molecule has 0 saturated carbocycles. The van der Waals surface area contributed by atoms with Crippen LogP contribution in [0.4, 0.5) is 5.13 Å². The third-order valence-electron chi connectivity index (χ3n) is 6.69. The quantitative estimate of drug-likeness (QED) is 0.139. The molecule has 3 aromatic heterocycles. The van der Waals surface area contributed by atoms with Crippen molar-refractivity contribution in [3.8, 4) is 11.4 Å². The number of aromatic nitrogens is 3. The second-order valence-electron chi connectivity index (χ2n) is 12.1. The van der Waals surface area contributed by atoms with E-state index in [1.807, 2.05) is 67.4 Å². The maximum Gasteiger partial charge on any atom is 0.253 e. The Bertz CT molecular complexity index is 1290. The highest BCUT2D eigenvalue weighted by Gasteiger charge is 2.15. The molecule has 0 aliphatic heterocycles. The molecule has 0 saturated heterocycles. The van der Waals surface area contributed by atoms with Crippen molar-refractivity contribution in [2.75, 3.05) is 11.9 Å². The van der Waals surface area contributed by atoms with Gasteiger partial charge in [0, 0.05) is 47.6 Å². The highest BCUT2D eigenvalue weighted by Crippen LogP contribution is 2.24. The number of unbranched alkanes of at least 4 members (excludes halogenated alkanes) is 2. The second-order valence-corrected chi connectivity index (χ2v) is 13.0. The van der Waals surface area contributed by atoms with E-state index in [0.717, 1.165) is 41.0 Å². The molecule has 1 unspecified atom stereocenters. The second kappa shape index (κ2) is 28.4. The summed E-state index contributed by atoms with van der Waals surface area (Å²) in [5.41, 5.74) is 3.85. The lowest BCUT2D eigenvalue weighted by Gasteiger charge is -2.20. The average molecular weight is 682 g/mol. The summed E-state index contributed by atoms with van der Waals surface area (Å²) in [5, 5.41) is 15.5. The maximum absolute atomic E-state index is 12.3. The number of pyridine rings is 1. The van der Waals surface area contributed by atoms with Crippen LogP contribution < -0.4 is 10.6 Å². The largest absolute Gasteiger partial charge is 0.348 e. The number of thiazole rings is 1. The van der Waals surface area contributed by atoms with Crippen LogP contribution in [0.2, 0.25) is 0 Å². The van der Waals surface area contributed by atoms with Crippen LogP contribution in [0.15, 0.2) is 64.5 Å². The van der Waals surface area contributed by atoms with Crippen LogP contribution in [0.1, 0.15) is 137 Å². The van der Waals surface area contributed by atoms with Crippen LogP contribution >= 0.6 is 11.3 Å². The summed E-state index contributed by atoms with van der Waals surface area (Å²) in [6.45, 7) is 33.0. The number of nitrogens with one attached hydrogen (secondary N) is 2. The molecule has 270 valence electrons. The van der Waals surface area contributed by atoms with Crippen molar-refractivity contribution in [3.63, 3.8) is 0 Å². The molecule has 0 fully saturated rings. The van der Waals surface area contributed by atoms with Gasteiger partial charge in [-0.1, -0.05) is 107 Å². The van der Waals surface area contributed by atoms with Crippen molar-refractivity contribution in [1.29, 1.82) is 0 Å². The van der Waals surface area contributed by atoms with Gasteiger partial charge in [0.05, 0.1) is 17.8 Å². The predicted octanol–water partition coefficient (Wildman–Crippen LogP) is 11.6. The monoisotopic (exact) mass is 682 g/mol. The number of aryl methyl sites for hydroxylation is 1. The number of carbonyl (C=O) groups is 1. The summed E-state index contributed by atoms with van der Waals surface area (Å²) in [4.78, 5) is 21.4. The van der Waals surface area contributed by atoms with E-state index in [-0.39, 0.29) is 11.4 Å². The Balaban J connectivity index is 0. The number of rotatable bonds is 13. The Morgan fingerprint density at radius 2 is 1.69 bits per heavy atom. The van der Waals surface area contributed by atoms with E-state index in [1.54, 1.807) is 6.21 Å². The predicted molar refractivity (Wildman–Crippen MR) is 214 cm³/mol. The summed E-state index contributed by atoms with van der Waals surface area (Å²) in [5.74, 6) is 0.819. The third-order valence-corrected chi connectivity index (χ3v) is 7.45. The molecule has 3 aromatic rings. The van der Waals surface area contributed by atoms with Crippen molar-refractivity contribution in [2.24, 2.45) is 16.1 Å². The van der Waals surface area contributed by atoms with Gasteiger partial charge in [-0.3, -0.25) is 9.78 Å². The van der Waals surface area contributed by atoms with Gasteiger partial charge in [0.2, 0.25) is 0 Å². The molecule has 3 rings (SSSR count). The lowest BCUT2D eigenvalue weighted by molar-refractivity contribution is 0.0957. The summed E-state index contributed by atoms with van der Waals surface area (Å²) in [6, 6.07) is 7.67. The standard InChI is InChI=1S/C21H25N5OS.C7H16.C5H10N2.C4H10.C2H6/c1-14-7-6-8-17(23-14)18-13-28-20(25-18)24-15(2)11-22-19(27)16-9-10-26(12-16)21(3,4)5;1-4-6-7(3)5-2;1-3-4-5-7-6-2;1-3-4-2;1-2/h6-10,12-13H,2,11H2,1,3-5H3,(H,22,27)(H,24,25);7H,4-6H2,1-3H3;5H,2-4H2,1H3;3-4H2,1-2H3;1-2H3/b;;7-5-;;. The van der Waals surface area contributed by atoms with Gasteiger partial charge in [0.25, 0.3) is 5.91 Å². The van der Waals surface area contributed by atoms with Crippen LogP contribution in [0.3, 0.4) is 0 Å². The molecular formula is C39H67N7OS. The van der Waals surface area contributed by atoms with E-state index < -0.39 is 0 Å². The number of hydrogen-bond acceptors (Lipinski definition) is 7. The Labute approximate surface area is 297 Å². The number of anilines is 1. The van der Waals surface area contributed by atoms with Gasteiger partial charge < -0.3 is 15.2 Å². The van der Waals surface area contributed by atoms with Gasteiger partial charge in [-0.05, 0) is 58.2 Å². The SMILES string of the molecule is C=C(CNC(=O)c1ccn(C(C)(C)C)c1)Nc1nc(-c2cccc(C)n2)cs1.C=N/N=C\CCC.CC.CCCC.CCCC(C)CC. The van der Waals surface area contributed by atoms with E-state index >= 15 is 0 Å². The zero-order chi connectivity index (χ0) is 37.0. The molecule has 0 aromatic carbocycles. The van der Waals surface area contributed by atoms with Gasteiger partial charge in [-0.15, -0.1) is 11.3 Å². The van der Waals surface area contributed by atoms with E-state index in [0.29, 0.717) is 17.8 Å². The van der Waals surface area contributed by atoms with Crippen molar-refractivity contribution < 1.29 is 4.79 Å². The van der Waals surface area contributed by atoms with Crippen LogP contribution in [0.5, 0.6) is 0 Å². The van der Waals surface area contributed by atoms with Crippen molar-refractivity contribution >= 4 is 35.3 Å². The highest BCUT2D eigenvalue weighted by atomic mass is 32.1. The molecule has 1 amide bonds. The Kier molecular flexibility index (Phi) is 27.6. The fourth-order valence-electron chi connectivity index (χ4n) is 3.51. The van der Waals surface area contributed by atoms with E-state index in [4.69, 9.17) is 0 Å². The molecular weight excluding hydrogens is 615 g/mol. The smallest absolute Gasteiger partial charge is 0.253 e. The zero-order valence-corrected chi connectivity index (χ0v) is 33.1. The van der Waals surface area contributed by atoms with Crippen molar-refractivity contribution in [1.82, 2.24) is 19.9 Å². The molecule has 0 spiro atoms. The molecule has 0 bridgehead atoms. The molecule has 0 aliphatic rings. The van der Waals surface area contributed by atoms with Gasteiger partial charge >= 0.3 is 0 Å². The third kappa shape index (κ3) is 22.1. The Morgan fingerprint density at radius 1 is 1.02 bits per heavy atom. The van der Waals surface area contributed by atoms with Gasteiger partial charge in [0.15, 0.2) is 5.13 Å². The van der Waals surface area contributed by atoms with Crippen molar-refractivity contribution in [3.05, 3.63) is 65.6 Å². The number of nitrogens with zero attached hydrogens (tertiary/aromatic N) is 5. The van der Waals surface area contributed by atoms with Gasteiger partial charge in [0.1, 0.15) is 5.69 Å². The Morgan fingerprint density at radius 3 is 2.17 bits per heavy atom. The molecule has 9 heteroatoms. The summed E-state index contributed by atoms with van der Waals surface area (Å²) in [7, 11) is 0. The summed E-state index contributed by atoms with van der Waals surface area (Å²) < 4.78 is 2.02. The molecule has 48 heavy (non-hydrogen) atoms. The van der Waals surface area contributed by atoms with E-state index in [9.17, 15) is 4.79 Å². The lowest BCUT2D eigenvalue weighted by atomic mass is 10.0. The number of hydrogen-bond donors (Lipinski definition) is 2. The first-order valence-corrected chi connectivity index (χ1v) is 18.5. The fourth-order valence-corrected chi connectivity index (χ4v) is 4.26. The van der Waals surface area contributed by atoms with Crippen LogP contribution in [0, 0.1) is 12.8 Å². The van der Waals surface area contributed by atoms with Gasteiger partial charge in [-0.25, -0.2) is 4.98 Å². The molecule has 1 atom stereocenters. The molecule has 2 N–H and O–H groups in total. The first-order valence-electron chi connectivity index (χ1n) is 17.6. The normalized spacial score (nSPS) is 10.8. The fraction of sp³-hybridized carbons (Fsp3) is 0.564. The zero-order valence-electron chi connectivity index (χ0n) is 32.3. The van der Waals surface area contributed by atoms with Gasteiger partial charge in [-0.2, -0.15) is 10.2 Å². The van der Waals surface area contributed by atoms with Crippen LogP contribution in [0.25, 0.3) is 11.4 Å². The van der Waals surface area contributed by atoms with Crippen molar-refractivity contribution in [2.45, 2.75) is 134 Å². The molecule has 0 aliphatic carbocycles. The minimum absolute atomic E-state index is 0.0572. The minimum Gasteiger partial charge on any atom is -0.348 e. The molecule has 8 nitrogen and oxygen atoms in total. The summed E-state index contributed by atoms with van der Waals surface area (Å²) >= 11 is 1.48. The minimum atomic E-state index is -0.130. The summed E-state index contributed by atoms with van der Waals surface area (Å²) in [6.07, 6.45) is 14.4. The highest BCUT2D eigenvalue weighted by molar-refractivity contribution is 7.14. The van der Waals surface area contributed by atoms with E-state index in [1.165, 1.54) is 43.4 Å².